The van der Waals surface area contributed by atoms with Gasteiger partial charge in [-0.15, -0.1) is 0 Å². The van der Waals surface area contributed by atoms with Gasteiger partial charge in [-0.2, -0.15) is 0 Å². The molecule has 2 rings (SSSR count). The zero-order chi connectivity index (χ0) is 33.0. The molecular weight excluding hydrogens is 588 g/mol. The number of aryl methyl sites for hydroxylation is 1. The molecule has 246 valence electrons. The lowest BCUT2D eigenvalue weighted by molar-refractivity contribution is -0.138. The Morgan fingerprint density at radius 2 is 1.55 bits per heavy atom. The lowest BCUT2D eigenvalue weighted by Crippen LogP contribution is -2.55. The molecule has 8 nitrogen and oxygen atoms in total. The first-order valence-electron chi connectivity index (χ1n) is 15.5. The zero-order valence-electron chi connectivity index (χ0n) is 26.6. The van der Waals surface area contributed by atoms with Crippen LogP contribution >= 0.6 is 0 Å². The Hall–Kier alpha value is -2.89. The summed E-state index contributed by atoms with van der Waals surface area (Å²) < 4.78 is 54.7. The third-order valence-electron chi connectivity index (χ3n) is 7.65. The number of hydrogen-bond acceptors (Lipinski definition) is 6. The summed E-state index contributed by atoms with van der Waals surface area (Å²) in [7, 11) is -3.79. The molecule has 0 bridgehead atoms. The van der Waals surface area contributed by atoms with Crippen molar-refractivity contribution >= 4 is 21.7 Å². The third kappa shape index (κ3) is 11.6. The highest BCUT2D eigenvalue weighted by Gasteiger charge is 2.36. The maximum Gasteiger partial charge on any atom is 0.246 e. The van der Waals surface area contributed by atoms with Gasteiger partial charge >= 0.3 is 0 Å². The van der Waals surface area contributed by atoms with Crippen LogP contribution in [0.15, 0.2) is 42.5 Å². The Bertz CT molecular complexity index is 1310. The minimum atomic E-state index is -3.79. The number of halogens is 2. The molecule has 2 aromatic carbocycles. The minimum Gasteiger partial charge on any atom is -0.390 e. The zero-order valence-corrected chi connectivity index (χ0v) is 27.4. The van der Waals surface area contributed by atoms with Crippen LogP contribution in [0, 0.1) is 17.6 Å². The number of aliphatic hydroxyl groups is 1. The average molecular weight is 638 g/mol. The van der Waals surface area contributed by atoms with Crippen LogP contribution in [0.5, 0.6) is 0 Å². The molecule has 0 aliphatic rings. The molecule has 4 N–H and O–H groups in total. The number of nitrogens with zero attached hydrogens (tertiary/aromatic N) is 1. The van der Waals surface area contributed by atoms with Gasteiger partial charge in [-0.1, -0.05) is 71.7 Å². The van der Waals surface area contributed by atoms with Crippen LogP contribution in [0.2, 0.25) is 0 Å². The second kappa shape index (κ2) is 17.6. The number of amides is 2. The molecule has 2 amide bonds. The van der Waals surface area contributed by atoms with Crippen LogP contribution < -0.4 is 11.1 Å². The molecule has 0 radical (unpaired) electrons. The smallest absolute Gasteiger partial charge is 0.246 e. The number of rotatable bonds is 18. The first-order chi connectivity index (χ1) is 20.7. The van der Waals surface area contributed by atoms with Crippen LogP contribution in [0.3, 0.4) is 0 Å². The summed E-state index contributed by atoms with van der Waals surface area (Å²) in [5.74, 6) is -3.77. The molecule has 0 spiro atoms. The van der Waals surface area contributed by atoms with E-state index in [1.54, 1.807) is 13.8 Å². The van der Waals surface area contributed by atoms with Crippen LogP contribution in [0.1, 0.15) is 77.0 Å². The molecule has 44 heavy (non-hydrogen) atoms. The summed E-state index contributed by atoms with van der Waals surface area (Å²) in [5.41, 5.74) is 8.26. The lowest BCUT2D eigenvalue weighted by Gasteiger charge is -2.32. The highest BCUT2D eigenvalue weighted by atomic mass is 32.2. The Morgan fingerprint density at radius 3 is 2.09 bits per heavy atom. The molecule has 0 aromatic heterocycles. The second-order valence-electron chi connectivity index (χ2n) is 11.9. The topological polar surface area (TPSA) is 130 Å². The molecule has 2 aromatic rings. The second-order valence-corrected chi connectivity index (χ2v) is 14.2. The van der Waals surface area contributed by atoms with E-state index in [0.717, 1.165) is 35.7 Å². The Morgan fingerprint density at radius 1 is 0.955 bits per heavy atom. The minimum absolute atomic E-state index is 0.0203. The van der Waals surface area contributed by atoms with Gasteiger partial charge in [0.15, 0.2) is 9.84 Å². The van der Waals surface area contributed by atoms with Gasteiger partial charge in [0, 0.05) is 31.1 Å². The quantitative estimate of drug-likeness (QED) is 0.223. The summed E-state index contributed by atoms with van der Waals surface area (Å²) in [6.45, 7) is 8.81. The maximum absolute atomic E-state index is 14.2. The normalized spacial score (nSPS) is 14.0. The first kappa shape index (κ1) is 37.3. The van der Waals surface area contributed by atoms with Crippen molar-refractivity contribution in [3.8, 4) is 0 Å². The van der Waals surface area contributed by atoms with Crippen molar-refractivity contribution in [2.75, 3.05) is 12.3 Å². The predicted octanol–water partition coefficient (Wildman–Crippen LogP) is 4.31. The van der Waals surface area contributed by atoms with Gasteiger partial charge in [-0.3, -0.25) is 9.59 Å². The molecule has 0 heterocycles. The van der Waals surface area contributed by atoms with Crippen molar-refractivity contribution in [3.05, 3.63) is 70.8 Å². The van der Waals surface area contributed by atoms with Crippen LogP contribution in [-0.2, 0) is 38.8 Å². The molecule has 0 fully saturated rings. The van der Waals surface area contributed by atoms with Crippen molar-refractivity contribution < 1.29 is 31.9 Å². The molecule has 0 saturated carbocycles. The van der Waals surface area contributed by atoms with Crippen LogP contribution in [0.25, 0.3) is 0 Å². The maximum atomic E-state index is 14.2. The molecule has 0 saturated heterocycles. The van der Waals surface area contributed by atoms with E-state index in [1.165, 1.54) is 4.90 Å². The molecule has 11 heteroatoms. The first-order valence-corrected chi connectivity index (χ1v) is 17.2. The van der Waals surface area contributed by atoms with E-state index < -0.39 is 68.4 Å². The number of nitrogens with one attached hydrogen (secondary N) is 1. The number of aliphatic hydroxyl groups excluding tert-OH is 1. The Balaban J connectivity index is 2.45. The van der Waals surface area contributed by atoms with Gasteiger partial charge in [0.1, 0.15) is 17.7 Å². The SMILES string of the molecule is CCCC(CCC)S(=O)(=O)C[C@@H](NC(=O)C(C)C)C(=O)N(Cc1cccc(CC)c1)C[C@@H](O)[C@@H](N)Cc1cc(F)cc(F)c1. The highest BCUT2D eigenvalue weighted by molar-refractivity contribution is 7.92. The van der Waals surface area contributed by atoms with E-state index in [2.05, 4.69) is 5.32 Å². The Kier molecular flexibility index (Phi) is 14.9. The molecule has 0 aliphatic heterocycles. The van der Waals surface area contributed by atoms with Crippen molar-refractivity contribution in [1.29, 1.82) is 0 Å². The number of hydrogen-bond donors (Lipinski definition) is 3. The van der Waals surface area contributed by atoms with Gasteiger partial charge in [0.2, 0.25) is 11.8 Å². The summed E-state index contributed by atoms with van der Waals surface area (Å²) >= 11 is 0. The summed E-state index contributed by atoms with van der Waals surface area (Å²) in [4.78, 5) is 28.3. The molecule has 3 atom stereocenters. The van der Waals surface area contributed by atoms with E-state index in [0.29, 0.717) is 25.7 Å². The molecule has 0 aliphatic carbocycles. The van der Waals surface area contributed by atoms with E-state index in [1.807, 2.05) is 45.0 Å². The number of sulfone groups is 1. The Labute approximate surface area is 261 Å². The number of carbonyl (C=O) groups is 2. The molecule has 0 unspecified atom stereocenters. The average Bonchev–Trinajstić information content (AvgIpc) is 2.95. The number of carbonyl (C=O) groups excluding carboxylic acids is 2. The van der Waals surface area contributed by atoms with Crippen molar-refractivity contribution in [1.82, 2.24) is 10.2 Å². The number of nitrogens with two attached hydrogens (primary N) is 1. The van der Waals surface area contributed by atoms with Gasteiger partial charge < -0.3 is 21.1 Å². The van der Waals surface area contributed by atoms with E-state index in [9.17, 15) is 31.9 Å². The van der Waals surface area contributed by atoms with Crippen molar-refractivity contribution in [3.63, 3.8) is 0 Å². The lowest BCUT2D eigenvalue weighted by atomic mass is 10.0. The largest absolute Gasteiger partial charge is 0.390 e. The fourth-order valence-electron chi connectivity index (χ4n) is 5.15. The summed E-state index contributed by atoms with van der Waals surface area (Å²) in [6, 6.07) is 8.12. The van der Waals surface area contributed by atoms with Gasteiger partial charge in [-0.05, 0) is 54.5 Å². The van der Waals surface area contributed by atoms with E-state index in [-0.39, 0.29) is 25.1 Å². The fourth-order valence-corrected chi connectivity index (χ4v) is 7.30. The summed E-state index contributed by atoms with van der Waals surface area (Å²) in [5, 5.41) is 13.1. The third-order valence-corrected chi connectivity index (χ3v) is 9.93. The van der Waals surface area contributed by atoms with Crippen LogP contribution in [-0.4, -0.2) is 66.0 Å². The van der Waals surface area contributed by atoms with E-state index in [4.69, 9.17) is 5.73 Å². The fraction of sp³-hybridized carbons (Fsp3) is 0.576. The number of benzene rings is 2. The van der Waals surface area contributed by atoms with Gasteiger partial charge in [0.05, 0.1) is 17.1 Å². The van der Waals surface area contributed by atoms with Gasteiger partial charge in [-0.25, -0.2) is 17.2 Å². The predicted molar refractivity (Wildman–Crippen MR) is 169 cm³/mol. The van der Waals surface area contributed by atoms with Crippen molar-refractivity contribution in [2.45, 2.75) is 103 Å². The molecular formula is C33H49F2N3O5S. The van der Waals surface area contributed by atoms with Gasteiger partial charge in [0.25, 0.3) is 0 Å². The highest BCUT2D eigenvalue weighted by Crippen LogP contribution is 2.19. The van der Waals surface area contributed by atoms with E-state index >= 15 is 0 Å². The monoisotopic (exact) mass is 637 g/mol. The standard InChI is InChI=1S/C33H49F2N3O5S/c1-6-10-28(11-7-2)44(42,43)21-30(37-32(40)22(4)5)33(41)38(19-24-13-9-12-23(8-3)14-24)20-31(39)29(36)17-25-15-26(34)18-27(35)16-25/h9,12-16,18,22,28-31,39H,6-8,10-11,17,19-21,36H2,1-5H3,(H,37,40)/t29-,30+,31+/m0/s1. The summed E-state index contributed by atoms with van der Waals surface area (Å²) in [6.07, 6.45) is 1.54. The van der Waals surface area contributed by atoms with Crippen molar-refractivity contribution in [2.24, 2.45) is 11.7 Å². The van der Waals surface area contributed by atoms with Crippen LogP contribution in [0.4, 0.5) is 8.78 Å².